The Morgan fingerprint density at radius 2 is 1.94 bits per heavy atom. The third-order valence-electron chi connectivity index (χ3n) is 2.53. The first-order chi connectivity index (χ1) is 7.65. The van der Waals surface area contributed by atoms with E-state index in [1.54, 1.807) is 6.92 Å². The van der Waals surface area contributed by atoms with Crippen LogP contribution in [0.4, 0.5) is 0 Å². The van der Waals surface area contributed by atoms with Gasteiger partial charge in [0.1, 0.15) is 0 Å². The molecule has 16 heavy (non-hydrogen) atoms. The highest BCUT2D eigenvalue weighted by Crippen LogP contribution is 2.15. The Bertz CT molecular complexity index is 459. The van der Waals surface area contributed by atoms with Crippen LogP contribution in [0.1, 0.15) is 24.2 Å². The van der Waals surface area contributed by atoms with Crippen molar-refractivity contribution in [2.24, 2.45) is 0 Å². The maximum absolute atomic E-state index is 9.42. The molecule has 2 nitrogen and oxygen atoms in total. The number of rotatable bonds is 3. The normalized spacial score (nSPS) is 12.7. The van der Waals surface area contributed by atoms with Crippen LogP contribution in [-0.2, 0) is 6.54 Å². The first kappa shape index (κ1) is 11.4. The molecule has 0 bridgehead atoms. The summed E-state index contributed by atoms with van der Waals surface area (Å²) in [6, 6.07) is 10.2. The lowest BCUT2D eigenvalue weighted by Gasteiger charge is -2.04. The molecule has 0 aliphatic heterocycles. The highest BCUT2D eigenvalue weighted by molar-refractivity contribution is 9.10. The van der Waals surface area contributed by atoms with Gasteiger partial charge in [-0.1, -0.05) is 28.1 Å². The summed E-state index contributed by atoms with van der Waals surface area (Å²) in [6.07, 6.45) is 3.57. The van der Waals surface area contributed by atoms with Crippen molar-refractivity contribution in [3.63, 3.8) is 0 Å². The lowest BCUT2D eigenvalue weighted by molar-refractivity contribution is 0.199. The third-order valence-corrected chi connectivity index (χ3v) is 3.06. The van der Waals surface area contributed by atoms with E-state index in [4.69, 9.17) is 0 Å². The molecule has 0 radical (unpaired) electrons. The largest absolute Gasteiger partial charge is 0.389 e. The molecule has 1 unspecified atom stereocenters. The van der Waals surface area contributed by atoms with Gasteiger partial charge in [0.2, 0.25) is 0 Å². The molecule has 1 heterocycles. The van der Waals surface area contributed by atoms with Gasteiger partial charge in [-0.05, 0) is 36.2 Å². The highest BCUT2D eigenvalue weighted by atomic mass is 79.9. The second-order valence-corrected chi connectivity index (χ2v) is 4.84. The Hall–Kier alpha value is -1.06. The summed E-state index contributed by atoms with van der Waals surface area (Å²) in [5.74, 6) is 0. The van der Waals surface area contributed by atoms with Crippen LogP contribution in [0, 0.1) is 0 Å². The fourth-order valence-electron chi connectivity index (χ4n) is 1.61. The smallest absolute Gasteiger partial charge is 0.0776 e. The molecular formula is C13H14BrNO. The number of halogens is 1. The van der Waals surface area contributed by atoms with Crippen LogP contribution in [0.25, 0.3) is 0 Å². The quantitative estimate of drug-likeness (QED) is 0.916. The van der Waals surface area contributed by atoms with E-state index >= 15 is 0 Å². The van der Waals surface area contributed by atoms with E-state index in [0.717, 1.165) is 16.6 Å². The molecule has 2 aromatic rings. The lowest BCUT2D eigenvalue weighted by Crippen LogP contribution is -1.96. The summed E-state index contributed by atoms with van der Waals surface area (Å²) in [7, 11) is 0. The highest BCUT2D eigenvalue weighted by Gasteiger charge is 2.02. The second-order valence-electron chi connectivity index (χ2n) is 3.92. The first-order valence-corrected chi connectivity index (χ1v) is 6.02. The maximum Gasteiger partial charge on any atom is 0.0776 e. The number of aliphatic hydroxyl groups is 1. The number of hydrogen-bond acceptors (Lipinski definition) is 1. The summed E-state index contributed by atoms with van der Waals surface area (Å²) >= 11 is 3.41. The summed E-state index contributed by atoms with van der Waals surface area (Å²) < 4.78 is 3.17. The Kier molecular flexibility index (Phi) is 3.46. The molecule has 0 fully saturated rings. The van der Waals surface area contributed by atoms with Crippen molar-refractivity contribution >= 4 is 15.9 Å². The van der Waals surface area contributed by atoms with E-state index in [1.165, 1.54) is 5.56 Å². The zero-order valence-electron chi connectivity index (χ0n) is 9.10. The second kappa shape index (κ2) is 4.85. The summed E-state index contributed by atoms with van der Waals surface area (Å²) in [4.78, 5) is 0. The van der Waals surface area contributed by atoms with Crippen molar-refractivity contribution in [1.29, 1.82) is 0 Å². The van der Waals surface area contributed by atoms with E-state index < -0.39 is 6.10 Å². The van der Waals surface area contributed by atoms with Gasteiger partial charge in [0, 0.05) is 23.4 Å². The average Bonchev–Trinajstić information content (AvgIpc) is 2.70. The Balaban J connectivity index is 2.11. The minimum Gasteiger partial charge on any atom is -0.389 e. The Labute approximate surface area is 104 Å². The molecule has 0 saturated heterocycles. The predicted octanol–water partition coefficient (Wildman–Crippen LogP) is 3.35. The number of benzene rings is 1. The zero-order chi connectivity index (χ0) is 11.5. The lowest BCUT2D eigenvalue weighted by atomic mass is 10.2. The van der Waals surface area contributed by atoms with Crippen LogP contribution >= 0.6 is 15.9 Å². The van der Waals surface area contributed by atoms with Crippen molar-refractivity contribution in [1.82, 2.24) is 4.57 Å². The monoisotopic (exact) mass is 279 g/mol. The van der Waals surface area contributed by atoms with Crippen LogP contribution in [-0.4, -0.2) is 9.67 Å². The van der Waals surface area contributed by atoms with Crippen molar-refractivity contribution in [3.05, 3.63) is 58.3 Å². The minimum atomic E-state index is -0.397. The van der Waals surface area contributed by atoms with Gasteiger partial charge in [-0.15, -0.1) is 0 Å². The van der Waals surface area contributed by atoms with Crippen molar-refractivity contribution in [3.8, 4) is 0 Å². The minimum absolute atomic E-state index is 0.397. The van der Waals surface area contributed by atoms with E-state index in [-0.39, 0.29) is 0 Å². The maximum atomic E-state index is 9.42. The predicted molar refractivity (Wildman–Crippen MR) is 68.3 cm³/mol. The van der Waals surface area contributed by atoms with Gasteiger partial charge in [-0.25, -0.2) is 0 Å². The van der Waals surface area contributed by atoms with E-state index in [9.17, 15) is 5.11 Å². The SMILES string of the molecule is CC(O)c1ccn(Cc2ccc(Br)cc2)c1. The standard InChI is InChI=1S/C13H14BrNO/c1-10(16)12-6-7-15(9-12)8-11-2-4-13(14)5-3-11/h2-7,9-10,16H,8H2,1H3. The van der Waals surface area contributed by atoms with E-state index in [0.29, 0.717) is 0 Å². The molecule has 3 heteroatoms. The Morgan fingerprint density at radius 1 is 1.25 bits per heavy atom. The van der Waals surface area contributed by atoms with Gasteiger partial charge in [0.15, 0.2) is 0 Å². The average molecular weight is 280 g/mol. The van der Waals surface area contributed by atoms with Gasteiger partial charge < -0.3 is 9.67 Å². The van der Waals surface area contributed by atoms with Crippen LogP contribution in [0.15, 0.2) is 47.2 Å². The molecule has 1 N–H and O–H groups in total. The topological polar surface area (TPSA) is 25.2 Å². The van der Waals surface area contributed by atoms with Gasteiger partial charge in [0.25, 0.3) is 0 Å². The molecule has 0 spiro atoms. The fraction of sp³-hybridized carbons (Fsp3) is 0.231. The first-order valence-electron chi connectivity index (χ1n) is 5.23. The number of hydrogen-bond donors (Lipinski definition) is 1. The van der Waals surface area contributed by atoms with Gasteiger partial charge >= 0.3 is 0 Å². The van der Waals surface area contributed by atoms with Crippen molar-refractivity contribution in [2.45, 2.75) is 19.6 Å². The fourth-order valence-corrected chi connectivity index (χ4v) is 1.87. The molecule has 0 saturated carbocycles. The molecule has 0 amide bonds. The van der Waals surface area contributed by atoms with E-state index in [1.807, 2.05) is 30.6 Å². The third kappa shape index (κ3) is 2.74. The number of aliphatic hydroxyl groups excluding tert-OH is 1. The number of aromatic nitrogens is 1. The summed E-state index contributed by atoms with van der Waals surface area (Å²) in [5, 5.41) is 9.42. The van der Waals surface area contributed by atoms with Crippen molar-refractivity contribution < 1.29 is 5.11 Å². The van der Waals surface area contributed by atoms with Gasteiger partial charge in [-0.2, -0.15) is 0 Å². The molecule has 1 atom stereocenters. The molecule has 1 aromatic heterocycles. The summed E-state index contributed by atoms with van der Waals surface area (Å²) in [6.45, 7) is 2.61. The van der Waals surface area contributed by atoms with Crippen LogP contribution in [0.2, 0.25) is 0 Å². The molecule has 0 aliphatic rings. The molecule has 0 aliphatic carbocycles. The van der Waals surface area contributed by atoms with Crippen molar-refractivity contribution in [2.75, 3.05) is 0 Å². The van der Waals surface area contributed by atoms with Gasteiger partial charge in [-0.3, -0.25) is 0 Å². The van der Waals surface area contributed by atoms with Crippen LogP contribution < -0.4 is 0 Å². The molecule has 84 valence electrons. The molecule has 1 aromatic carbocycles. The zero-order valence-corrected chi connectivity index (χ0v) is 10.7. The van der Waals surface area contributed by atoms with E-state index in [2.05, 4.69) is 32.6 Å². The van der Waals surface area contributed by atoms with Crippen LogP contribution in [0.3, 0.4) is 0 Å². The Morgan fingerprint density at radius 3 is 2.50 bits per heavy atom. The van der Waals surface area contributed by atoms with Gasteiger partial charge in [0.05, 0.1) is 6.10 Å². The summed E-state index contributed by atoms with van der Waals surface area (Å²) in [5.41, 5.74) is 2.20. The van der Waals surface area contributed by atoms with Crippen LogP contribution in [0.5, 0.6) is 0 Å². The number of nitrogens with zero attached hydrogens (tertiary/aromatic N) is 1. The molecular weight excluding hydrogens is 266 g/mol. The molecule has 2 rings (SSSR count).